The molecule has 4 heteroatoms. The van der Waals surface area contributed by atoms with Crippen LogP contribution in [0.4, 0.5) is 5.82 Å². The van der Waals surface area contributed by atoms with E-state index in [1.165, 1.54) is 0 Å². The van der Waals surface area contributed by atoms with Crippen molar-refractivity contribution in [3.8, 4) is 5.75 Å². The third-order valence-electron chi connectivity index (χ3n) is 3.15. The van der Waals surface area contributed by atoms with E-state index in [1.54, 1.807) is 13.3 Å². The Bertz CT molecular complexity index is 569. The first-order valence-electron chi connectivity index (χ1n) is 6.20. The molecule has 4 nitrogen and oxygen atoms in total. The zero-order valence-corrected chi connectivity index (χ0v) is 11.3. The van der Waals surface area contributed by atoms with Gasteiger partial charge >= 0.3 is 0 Å². The summed E-state index contributed by atoms with van der Waals surface area (Å²) < 4.78 is 5.25. The quantitative estimate of drug-likeness (QED) is 0.880. The number of nitrogens with two attached hydrogens (primary N) is 2. The fourth-order valence-corrected chi connectivity index (χ4v) is 2.13. The smallest absolute Gasteiger partial charge is 0.123 e. The summed E-state index contributed by atoms with van der Waals surface area (Å²) in [6, 6.07) is 9.75. The first-order chi connectivity index (χ1) is 9.10. The number of anilines is 1. The van der Waals surface area contributed by atoms with E-state index in [1.807, 2.05) is 31.2 Å². The molecule has 0 radical (unpaired) electrons. The van der Waals surface area contributed by atoms with Crippen molar-refractivity contribution in [3.05, 3.63) is 53.2 Å². The predicted octanol–water partition coefficient (Wildman–Crippen LogP) is 2.22. The molecule has 19 heavy (non-hydrogen) atoms. The number of nitrogen functional groups attached to an aromatic ring is 1. The van der Waals surface area contributed by atoms with Crippen LogP contribution >= 0.6 is 0 Å². The first kappa shape index (κ1) is 13.4. The highest BCUT2D eigenvalue weighted by molar-refractivity contribution is 5.38. The molecular weight excluding hydrogens is 238 g/mol. The normalized spacial score (nSPS) is 12.2. The van der Waals surface area contributed by atoms with Gasteiger partial charge in [-0.25, -0.2) is 4.98 Å². The number of benzene rings is 1. The molecular formula is C15H19N3O. The van der Waals surface area contributed by atoms with Crippen molar-refractivity contribution in [2.75, 3.05) is 12.8 Å². The lowest BCUT2D eigenvalue weighted by molar-refractivity contribution is 0.411. The van der Waals surface area contributed by atoms with Crippen molar-refractivity contribution < 1.29 is 4.74 Å². The number of hydrogen-bond acceptors (Lipinski definition) is 4. The van der Waals surface area contributed by atoms with Gasteiger partial charge in [-0.15, -0.1) is 0 Å². The van der Waals surface area contributed by atoms with Gasteiger partial charge in [0.05, 0.1) is 7.11 Å². The van der Waals surface area contributed by atoms with E-state index in [4.69, 9.17) is 16.2 Å². The Balaban J connectivity index is 2.15. The maximum Gasteiger partial charge on any atom is 0.123 e. The molecule has 1 unspecified atom stereocenters. The molecule has 0 bridgehead atoms. The largest absolute Gasteiger partial charge is 0.496 e. The van der Waals surface area contributed by atoms with Crippen LogP contribution in [0.15, 0.2) is 36.5 Å². The Labute approximate surface area is 113 Å². The molecule has 1 atom stereocenters. The van der Waals surface area contributed by atoms with Gasteiger partial charge in [0.2, 0.25) is 0 Å². The molecule has 100 valence electrons. The van der Waals surface area contributed by atoms with Crippen molar-refractivity contribution >= 4 is 5.82 Å². The van der Waals surface area contributed by atoms with E-state index >= 15 is 0 Å². The van der Waals surface area contributed by atoms with Crippen LogP contribution in [-0.4, -0.2) is 12.1 Å². The van der Waals surface area contributed by atoms with Crippen LogP contribution in [0.25, 0.3) is 0 Å². The number of nitrogens with zero attached hydrogens (tertiary/aromatic N) is 1. The zero-order valence-electron chi connectivity index (χ0n) is 11.3. The van der Waals surface area contributed by atoms with Crippen LogP contribution in [0, 0.1) is 6.92 Å². The third-order valence-corrected chi connectivity index (χ3v) is 3.15. The van der Waals surface area contributed by atoms with Crippen molar-refractivity contribution in [1.29, 1.82) is 0 Å². The van der Waals surface area contributed by atoms with E-state index < -0.39 is 0 Å². The number of ether oxygens (including phenoxy) is 1. The maximum atomic E-state index is 6.24. The van der Waals surface area contributed by atoms with Crippen LogP contribution < -0.4 is 16.2 Å². The second-order valence-corrected chi connectivity index (χ2v) is 4.63. The molecule has 2 rings (SSSR count). The zero-order chi connectivity index (χ0) is 13.8. The van der Waals surface area contributed by atoms with Gasteiger partial charge in [0.1, 0.15) is 11.6 Å². The first-order valence-corrected chi connectivity index (χ1v) is 6.20. The minimum atomic E-state index is -0.0635. The minimum absolute atomic E-state index is 0.0635. The Morgan fingerprint density at radius 3 is 2.68 bits per heavy atom. The van der Waals surface area contributed by atoms with E-state index in [2.05, 4.69) is 11.1 Å². The number of hydrogen-bond donors (Lipinski definition) is 2. The van der Waals surface area contributed by atoms with Crippen molar-refractivity contribution in [3.63, 3.8) is 0 Å². The van der Waals surface area contributed by atoms with Crippen LogP contribution in [0.2, 0.25) is 0 Å². The van der Waals surface area contributed by atoms with Crippen LogP contribution in [0.3, 0.4) is 0 Å². The molecule has 0 spiro atoms. The molecule has 1 heterocycles. The number of methoxy groups -OCH3 is 1. The molecule has 0 saturated carbocycles. The maximum absolute atomic E-state index is 6.24. The highest BCUT2D eigenvalue weighted by Gasteiger charge is 2.09. The molecule has 1 aromatic heterocycles. The summed E-state index contributed by atoms with van der Waals surface area (Å²) in [6.07, 6.45) is 2.44. The molecule has 0 saturated heterocycles. The van der Waals surface area contributed by atoms with Crippen LogP contribution in [-0.2, 0) is 6.42 Å². The second-order valence-electron chi connectivity index (χ2n) is 4.63. The third kappa shape index (κ3) is 3.23. The topological polar surface area (TPSA) is 74.2 Å². The number of rotatable bonds is 4. The summed E-state index contributed by atoms with van der Waals surface area (Å²) in [5.41, 5.74) is 15.2. The predicted molar refractivity (Wildman–Crippen MR) is 77.0 cm³/mol. The monoisotopic (exact) mass is 257 g/mol. The van der Waals surface area contributed by atoms with Crippen molar-refractivity contribution in [2.24, 2.45) is 5.73 Å². The van der Waals surface area contributed by atoms with Gasteiger partial charge in [0, 0.05) is 12.2 Å². The standard InChI is InChI=1S/C15H19N3O/c1-10-7-12(3-4-14(10)19-2)13(16)8-11-5-6-18-15(17)9-11/h3-7,9,13H,8,16H2,1-2H3,(H2,17,18). The lowest BCUT2D eigenvalue weighted by Crippen LogP contribution is -2.13. The summed E-state index contributed by atoms with van der Waals surface area (Å²) in [5.74, 6) is 1.40. The minimum Gasteiger partial charge on any atom is -0.496 e. The molecule has 2 aromatic rings. The summed E-state index contributed by atoms with van der Waals surface area (Å²) in [5, 5.41) is 0. The van der Waals surface area contributed by atoms with Gasteiger partial charge in [0.15, 0.2) is 0 Å². The van der Waals surface area contributed by atoms with E-state index in [0.29, 0.717) is 5.82 Å². The Hall–Kier alpha value is -2.07. The van der Waals surface area contributed by atoms with E-state index in [-0.39, 0.29) is 6.04 Å². The van der Waals surface area contributed by atoms with E-state index in [0.717, 1.165) is 28.9 Å². The Morgan fingerprint density at radius 1 is 1.26 bits per heavy atom. The number of pyridine rings is 1. The second kappa shape index (κ2) is 5.71. The van der Waals surface area contributed by atoms with Gasteiger partial charge in [-0.1, -0.05) is 12.1 Å². The molecule has 0 amide bonds. The molecule has 1 aromatic carbocycles. The molecule has 0 fully saturated rings. The van der Waals surface area contributed by atoms with Crippen molar-refractivity contribution in [1.82, 2.24) is 4.98 Å². The molecule has 0 aliphatic heterocycles. The lowest BCUT2D eigenvalue weighted by Gasteiger charge is -2.14. The Kier molecular flexibility index (Phi) is 4.02. The summed E-state index contributed by atoms with van der Waals surface area (Å²) >= 11 is 0. The van der Waals surface area contributed by atoms with Crippen LogP contribution in [0.5, 0.6) is 5.75 Å². The molecule has 4 N–H and O–H groups in total. The SMILES string of the molecule is COc1ccc(C(N)Cc2ccnc(N)c2)cc1C. The van der Waals surface area contributed by atoms with Crippen LogP contribution in [0.1, 0.15) is 22.7 Å². The fourth-order valence-electron chi connectivity index (χ4n) is 2.13. The lowest BCUT2D eigenvalue weighted by atomic mass is 9.98. The molecule has 0 aliphatic carbocycles. The average Bonchev–Trinajstić information content (AvgIpc) is 2.38. The van der Waals surface area contributed by atoms with Gasteiger partial charge in [0.25, 0.3) is 0 Å². The number of aromatic nitrogens is 1. The summed E-state index contributed by atoms with van der Waals surface area (Å²) in [7, 11) is 1.67. The highest BCUT2D eigenvalue weighted by Crippen LogP contribution is 2.23. The molecule has 0 aliphatic rings. The average molecular weight is 257 g/mol. The Morgan fingerprint density at radius 2 is 2.05 bits per heavy atom. The van der Waals surface area contributed by atoms with Gasteiger partial charge in [-0.05, 0) is 48.2 Å². The van der Waals surface area contributed by atoms with E-state index in [9.17, 15) is 0 Å². The van der Waals surface area contributed by atoms with Gasteiger partial charge in [-0.3, -0.25) is 0 Å². The number of aryl methyl sites for hydroxylation is 1. The van der Waals surface area contributed by atoms with Crippen molar-refractivity contribution in [2.45, 2.75) is 19.4 Å². The summed E-state index contributed by atoms with van der Waals surface area (Å²) in [6.45, 7) is 2.01. The van der Waals surface area contributed by atoms with Gasteiger partial charge < -0.3 is 16.2 Å². The van der Waals surface area contributed by atoms with Gasteiger partial charge in [-0.2, -0.15) is 0 Å². The fraction of sp³-hybridized carbons (Fsp3) is 0.267. The highest BCUT2D eigenvalue weighted by atomic mass is 16.5. The summed E-state index contributed by atoms with van der Waals surface area (Å²) in [4.78, 5) is 3.98.